The third kappa shape index (κ3) is 2.36. The molecule has 0 radical (unpaired) electrons. The standard InChI is InChI=1S/C12H15NO2/c1-8(14)12(15)13-11-7-10(11)9-5-3-2-4-6-9/h2-6,8,10-11,14H,7H2,1H3,(H,13,15). The molecule has 2 N–H and O–H groups in total. The Hall–Kier alpha value is -1.35. The van der Waals surface area contributed by atoms with Crippen LogP contribution in [-0.2, 0) is 4.79 Å². The van der Waals surface area contributed by atoms with Crippen molar-refractivity contribution < 1.29 is 9.90 Å². The minimum atomic E-state index is -0.915. The topological polar surface area (TPSA) is 49.3 Å². The molecule has 1 aliphatic rings. The molecule has 1 fully saturated rings. The van der Waals surface area contributed by atoms with Crippen molar-refractivity contribution in [2.24, 2.45) is 0 Å². The number of aliphatic hydroxyl groups excluding tert-OH is 1. The normalized spacial score (nSPS) is 25.7. The van der Waals surface area contributed by atoms with Crippen molar-refractivity contribution in [2.45, 2.75) is 31.4 Å². The first-order chi connectivity index (χ1) is 7.18. The van der Waals surface area contributed by atoms with E-state index in [1.54, 1.807) is 0 Å². The Kier molecular flexibility index (Phi) is 2.73. The summed E-state index contributed by atoms with van der Waals surface area (Å²) in [5.74, 6) is 0.146. The van der Waals surface area contributed by atoms with Crippen LogP contribution < -0.4 is 5.32 Å². The van der Waals surface area contributed by atoms with Gasteiger partial charge in [-0.15, -0.1) is 0 Å². The largest absolute Gasteiger partial charge is 0.384 e. The summed E-state index contributed by atoms with van der Waals surface area (Å²) in [6.45, 7) is 1.48. The molecule has 3 nitrogen and oxygen atoms in total. The summed E-state index contributed by atoms with van der Waals surface area (Å²) < 4.78 is 0. The van der Waals surface area contributed by atoms with Crippen molar-refractivity contribution in [3.63, 3.8) is 0 Å². The quantitative estimate of drug-likeness (QED) is 0.774. The Labute approximate surface area is 89.1 Å². The molecule has 1 aromatic carbocycles. The molecule has 1 saturated carbocycles. The van der Waals surface area contributed by atoms with Gasteiger partial charge in [-0.2, -0.15) is 0 Å². The van der Waals surface area contributed by atoms with Gasteiger partial charge in [0.2, 0.25) is 5.91 Å². The lowest BCUT2D eigenvalue weighted by molar-refractivity contribution is -0.128. The zero-order valence-electron chi connectivity index (χ0n) is 8.68. The van der Waals surface area contributed by atoms with Gasteiger partial charge in [0.1, 0.15) is 6.10 Å². The van der Waals surface area contributed by atoms with Crippen LogP contribution in [-0.4, -0.2) is 23.2 Å². The van der Waals surface area contributed by atoms with Gasteiger partial charge in [0.25, 0.3) is 0 Å². The van der Waals surface area contributed by atoms with Gasteiger partial charge in [-0.25, -0.2) is 0 Å². The van der Waals surface area contributed by atoms with E-state index in [2.05, 4.69) is 17.4 Å². The third-order valence-corrected chi connectivity index (χ3v) is 2.73. The molecule has 3 atom stereocenters. The second-order valence-corrected chi connectivity index (χ2v) is 4.04. The van der Waals surface area contributed by atoms with Crippen LogP contribution in [0, 0.1) is 0 Å². The van der Waals surface area contributed by atoms with Crippen LogP contribution in [0.4, 0.5) is 0 Å². The first-order valence-corrected chi connectivity index (χ1v) is 5.22. The average Bonchev–Trinajstić information content (AvgIpc) is 2.98. The molecule has 2 rings (SSSR count). The Bertz CT molecular complexity index is 348. The van der Waals surface area contributed by atoms with Gasteiger partial charge in [-0.3, -0.25) is 4.79 Å². The van der Waals surface area contributed by atoms with Crippen LogP contribution in [0.25, 0.3) is 0 Å². The fourth-order valence-electron chi connectivity index (χ4n) is 1.73. The molecule has 0 bridgehead atoms. The van der Waals surface area contributed by atoms with Crippen molar-refractivity contribution in [2.75, 3.05) is 0 Å². The second-order valence-electron chi connectivity index (χ2n) is 4.04. The Morgan fingerprint density at radius 2 is 2.13 bits per heavy atom. The summed E-state index contributed by atoms with van der Waals surface area (Å²) >= 11 is 0. The van der Waals surface area contributed by atoms with Gasteiger partial charge in [0.15, 0.2) is 0 Å². The van der Waals surface area contributed by atoms with Crippen LogP contribution >= 0.6 is 0 Å². The number of carbonyl (C=O) groups is 1. The lowest BCUT2D eigenvalue weighted by atomic mass is 10.1. The molecule has 0 aliphatic heterocycles. The molecule has 1 aliphatic carbocycles. The molecular weight excluding hydrogens is 190 g/mol. The first kappa shape index (κ1) is 10.2. The van der Waals surface area contributed by atoms with Crippen molar-refractivity contribution >= 4 is 5.91 Å². The molecule has 15 heavy (non-hydrogen) atoms. The molecule has 0 saturated heterocycles. The minimum absolute atomic E-state index is 0.203. The third-order valence-electron chi connectivity index (χ3n) is 2.73. The van der Waals surface area contributed by atoms with Crippen molar-refractivity contribution in [1.29, 1.82) is 0 Å². The summed E-state index contributed by atoms with van der Waals surface area (Å²) in [5, 5.41) is 11.9. The van der Waals surface area contributed by atoms with Crippen molar-refractivity contribution in [3.05, 3.63) is 35.9 Å². The maximum Gasteiger partial charge on any atom is 0.248 e. The van der Waals surface area contributed by atoms with Crippen LogP contribution in [0.1, 0.15) is 24.8 Å². The smallest absolute Gasteiger partial charge is 0.248 e. The highest BCUT2D eigenvalue weighted by atomic mass is 16.3. The highest BCUT2D eigenvalue weighted by molar-refractivity contribution is 5.80. The number of hydrogen-bond acceptors (Lipinski definition) is 2. The number of amides is 1. The Balaban J connectivity index is 1.89. The van der Waals surface area contributed by atoms with Crippen LogP contribution in [0.3, 0.4) is 0 Å². The summed E-state index contributed by atoms with van der Waals surface area (Å²) in [4.78, 5) is 11.2. The van der Waals surface area contributed by atoms with E-state index in [0.717, 1.165) is 6.42 Å². The van der Waals surface area contributed by atoms with E-state index in [9.17, 15) is 4.79 Å². The van der Waals surface area contributed by atoms with Gasteiger partial charge < -0.3 is 10.4 Å². The maximum absolute atomic E-state index is 11.2. The zero-order chi connectivity index (χ0) is 10.8. The molecule has 0 aromatic heterocycles. The van der Waals surface area contributed by atoms with Crippen LogP contribution in [0.2, 0.25) is 0 Å². The van der Waals surface area contributed by atoms with Crippen LogP contribution in [0.5, 0.6) is 0 Å². The van der Waals surface area contributed by atoms with Crippen LogP contribution in [0.15, 0.2) is 30.3 Å². The molecule has 0 spiro atoms. The second kappa shape index (κ2) is 4.03. The fourth-order valence-corrected chi connectivity index (χ4v) is 1.73. The summed E-state index contributed by atoms with van der Waals surface area (Å²) in [5.41, 5.74) is 1.26. The Morgan fingerprint density at radius 3 is 2.73 bits per heavy atom. The van der Waals surface area contributed by atoms with Gasteiger partial charge in [-0.05, 0) is 18.9 Å². The number of hydrogen-bond donors (Lipinski definition) is 2. The predicted octanol–water partition coefficient (Wildman–Crippen LogP) is 1.04. The average molecular weight is 205 g/mol. The molecule has 3 heteroatoms. The molecule has 3 unspecified atom stereocenters. The van der Waals surface area contributed by atoms with E-state index >= 15 is 0 Å². The molecule has 1 aromatic rings. The molecule has 1 amide bonds. The summed E-state index contributed by atoms with van der Waals surface area (Å²) in [6.07, 6.45) is 0.0599. The minimum Gasteiger partial charge on any atom is -0.384 e. The van der Waals surface area contributed by atoms with E-state index in [1.165, 1.54) is 12.5 Å². The van der Waals surface area contributed by atoms with Crippen molar-refractivity contribution in [1.82, 2.24) is 5.32 Å². The highest BCUT2D eigenvalue weighted by Gasteiger charge is 2.39. The van der Waals surface area contributed by atoms with Crippen molar-refractivity contribution in [3.8, 4) is 0 Å². The van der Waals surface area contributed by atoms with E-state index in [1.807, 2.05) is 18.2 Å². The lowest BCUT2D eigenvalue weighted by Gasteiger charge is -2.06. The van der Waals surface area contributed by atoms with E-state index in [4.69, 9.17) is 5.11 Å². The van der Waals surface area contributed by atoms with Gasteiger partial charge in [0.05, 0.1) is 0 Å². The number of nitrogens with one attached hydrogen (secondary N) is 1. The highest BCUT2D eigenvalue weighted by Crippen LogP contribution is 2.40. The first-order valence-electron chi connectivity index (χ1n) is 5.22. The number of benzene rings is 1. The number of aliphatic hydroxyl groups is 1. The van der Waals surface area contributed by atoms with E-state index in [-0.39, 0.29) is 11.9 Å². The van der Waals surface area contributed by atoms with E-state index < -0.39 is 6.10 Å². The predicted molar refractivity (Wildman–Crippen MR) is 57.4 cm³/mol. The monoisotopic (exact) mass is 205 g/mol. The van der Waals surface area contributed by atoms with E-state index in [0.29, 0.717) is 5.92 Å². The maximum atomic E-state index is 11.2. The Morgan fingerprint density at radius 1 is 1.47 bits per heavy atom. The van der Waals surface area contributed by atoms with Gasteiger partial charge in [0, 0.05) is 12.0 Å². The zero-order valence-corrected chi connectivity index (χ0v) is 8.68. The SMILES string of the molecule is CC(O)C(=O)NC1CC1c1ccccc1. The van der Waals surface area contributed by atoms with Gasteiger partial charge in [-0.1, -0.05) is 30.3 Å². The lowest BCUT2D eigenvalue weighted by Crippen LogP contribution is -2.34. The summed E-state index contributed by atoms with van der Waals surface area (Å²) in [7, 11) is 0. The summed E-state index contributed by atoms with van der Waals surface area (Å²) in [6, 6.07) is 10.3. The molecule has 80 valence electrons. The number of rotatable bonds is 3. The number of carbonyl (C=O) groups excluding carboxylic acids is 1. The molecular formula is C12H15NO2. The molecule has 0 heterocycles. The van der Waals surface area contributed by atoms with Gasteiger partial charge >= 0.3 is 0 Å². The fraction of sp³-hybridized carbons (Fsp3) is 0.417.